The van der Waals surface area contributed by atoms with Crippen LogP contribution in [-0.2, 0) is 0 Å². The highest BCUT2D eigenvalue weighted by molar-refractivity contribution is 5.29. The summed E-state index contributed by atoms with van der Waals surface area (Å²) >= 11 is 0. The van der Waals surface area contributed by atoms with Crippen LogP contribution >= 0.6 is 0 Å². The Labute approximate surface area is 79.0 Å². The average Bonchev–Trinajstić information content (AvgIpc) is 2.08. The van der Waals surface area contributed by atoms with Crippen LogP contribution in [0.15, 0.2) is 0 Å². The summed E-state index contributed by atoms with van der Waals surface area (Å²) in [6.45, 7) is 8.05. The van der Waals surface area contributed by atoms with Gasteiger partial charge >= 0.3 is 0 Å². The van der Waals surface area contributed by atoms with Gasteiger partial charge in [-0.3, -0.25) is 0 Å². The molecule has 0 saturated carbocycles. The van der Waals surface area contributed by atoms with Gasteiger partial charge in [0.2, 0.25) is 5.95 Å². The molecular formula is C9H16N4. The molecule has 0 amide bonds. The van der Waals surface area contributed by atoms with Crippen molar-refractivity contribution < 1.29 is 0 Å². The normalized spacial score (nSPS) is 10.6. The Morgan fingerprint density at radius 1 is 1.08 bits per heavy atom. The topological polar surface area (TPSA) is 41.9 Å². The molecule has 1 heterocycles. The number of nitrogens with zero attached hydrogens (tertiary/aromatic N) is 4. The van der Waals surface area contributed by atoms with Crippen molar-refractivity contribution >= 4 is 5.95 Å². The second-order valence-corrected chi connectivity index (χ2v) is 3.49. The zero-order valence-electron chi connectivity index (χ0n) is 8.87. The van der Waals surface area contributed by atoms with Crippen molar-refractivity contribution in [3.05, 3.63) is 11.4 Å². The zero-order chi connectivity index (χ0) is 10.0. The summed E-state index contributed by atoms with van der Waals surface area (Å²) in [5, 5.41) is 8.05. The molecule has 0 aliphatic carbocycles. The van der Waals surface area contributed by atoms with Crippen LogP contribution in [0.3, 0.4) is 0 Å². The number of anilines is 1. The summed E-state index contributed by atoms with van der Waals surface area (Å²) in [6, 6.07) is 0.393. The number of rotatable bonds is 2. The largest absolute Gasteiger partial charge is 0.340 e. The van der Waals surface area contributed by atoms with E-state index in [1.54, 1.807) is 0 Å². The number of hydrogen-bond donors (Lipinski definition) is 0. The van der Waals surface area contributed by atoms with Crippen molar-refractivity contribution in [3.63, 3.8) is 0 Å². The van der Waals surface area contributed by atoms with E-state index < -0.39 is 0 Å². The van der Waals surface area contributed by atoms with E-state index in [0.29, 0.717) is 12.0 Å². The van der Waals surface area contributed by atoms with Gasteiger partial charge in [0.15, 0.2) is 0 Å². The molecule has 0 aromatic carbocycles. The van der Waals surface area contributed by atoms with Gasteiger partial charge in [0.25, 0.3) is 0 Å². The van der Waals surface area contributed by atoms with Crippen LogP contribution in [0, 0.1) is 13.8 Å². The van der Waals surface area contributed by atoms with Gasteiger partial charge in [0, 0.05) is 13.1 Å². The quantitative estimate of drug-likeness (QED) is 0.688. The standard InChI is InChI=1S/C9H16N4/c1-6(2)13(5)9-10-7(3)8(4)11-12-9/h6H,1-5H3. The van der Waals surface area contributed by atoms with Gasteiger partial charge in [-0.25, -0.2) is 4.98 Å². The first-order chi connectivity index (χ1) is 6.02. The Morgan fingerprint density at radius 3 is 2.15 bits per heavy atom. The van der Waals surface area contributed by atoms with Gasteiger partial charge in [-0.05, 0) is 27.7 Å². The molecule has 0 radical (unpaired) electrons. The molecule has 0 atom stereocenters. The van der Waals surface area contributed by atoms with Gasteiger partial charge in [0.1, 0.15) is 0 Å². The molecule has 1 rings (SSSR count). The molecule has 0 N–H and O–H groups in total. The van der Waals surface area contributed by atoms with Crippen LogP contribution in [0.2, 0.25) is 0 Å². The van der Waals surface area contributed by atoms with E-state index in [-0.39, 0.29) is 0 Å². The zero-order valence-corrected chi connectivity index (χ0v) is 8.87. The van der Waals surface area contributed by atoms with Crippen LogP contribution < -0.4 is 4.90 Å². The van der Waals surface area contributed by atoms with Crippen LogP contribution in [0.25, 0.3) is 0 Å². The monoisotopic (exact) mass is 180 g/mol. The maximum atomic E-state index is 4.35. The molecule has 0 saturated heterocycles. The molecule has 0 fully saturated rings. The smallest absolute Gasteiger partial charge is 0.245 e. The SMILES string of the molecule is Cc1nnc(N(C)C(C)C)nc1C. The first kappa shape index (κ1) is 9.89. The number of aryl methyl sites for hydroxylation is 2. The molecule has 0 bridgehead atoms. The predicted octanol–water partition coefficient (Wildman–Crippen LogP) is 1.33. The summed E-state index contributed by atoms with van der Waals surface area (Å²) in [6.07, 6.45) is 0. The fourth-order valence-corrected chi connectivity index (χ4v) is 0.826. The Balaban J connectivity index is 2.97. The van der Waals surface area contributed by atoms with E-state index in [2.05, 4.69) is 29.0 Å². The summed E-state index contributed by atoms with van der Waals surface area (Å²) in [7, 11) is 1.97. The van der Waals surface area contributed by atoms with E-state index in [9.17, 15) is 0 Å². The van der Waals surface area contributed by atoms with E-state index in [0.717, 1.165) is 11.4 Å². The summed E-state index contributed by atoms with van der Waals surface area (Å²) < 4.78 is 0. The molecule has 4 nitrogen and oxygen atoms in total. The maximum Gasteiger partial charge on any atom is 0.245 e. The third-order valence-electron chi connectivity index (χ3n) is 2.17. The van der Waals surface area contributed by atoms with Crippen molar-refractivity contribution in [1.82, 2.24) is 15.2 Å². The van der Waals surface area contributed by atoms with Gasteiger partial charge < -0.3 is 4.90 Å². The van der Waals surface area contributed by atoms with E-state index in [4.69, 9.17) is 0 Å². The van der Waals surface area contributed by atoms with Gasteiger partial charge in [-0.1, -0.05) is 0 Å². The molecule has 0 aliphatic heterocycles. The first-order valence-corrected chi connectivity index (χ1v) is 4.43. The predicted molar refractivity (Wildman–Crippen MR) is 52.8 cm³/mol. The third-order valence-corrected chi connectivity index (χ3v) is 2.17. The lowest BCUT2D eigenvalue weighted by Crippen LogP contribution is -2.28. The van der Waals surface area contributed by atoms with Crippen LogP contribution in [0.5, 0.6) is 0 Å². The van der Waals surface area contributed by atoms with E-state index in [1.165, 1.54) is 0 Å². The van der Waals surface area contributed by atoms with Gasteiger partial charge in [-0.15, -0.1) is 5.10 Å². The molecular weight excluding hydrogens is 164 g/mol. The molecule has 72 valence electrons. The summed E-state index contributed by atoms with van der Waals surface area (Å²) in [4.78, 5) is 6.35. The minimum Gasteiger partial charge on any atom is -0.340 e. The van der Waals surface area contributed by atoms with E-state index in [1.807, 2.05) is 25.8 Å². The molecule has 13 heavy (non-hydrogen) atoms. The minimum atomic E-state index is 0.393. The molecule has 1 aromatic rings. The lowest BCUT2D eigenvalue weighted by molar-refractivity contribution is 0.709. The highest BCUT2D eigenvalue weighted by Gasteiger charge is 2.09. The highest BCUT2D eigenvalue weighted by Crippen LogP contribution is 2.08. The van der Waals surface area contributed by atoms with Crippen LogP contribution in [-0.4, -0.2) is 28.3 Å². The fourth-order valence-electron chi connectivity index (χ4n) is 0.826. The average molecular weight is 180 g/mol. The van der Waals surface area contributed by atoms with Crippen molar-refractivity contribution in [1.29, 1.82) is 0 Å². The Bertz CT molecular complexity index is 296. The molecule has 4 heteroatoms. The Hall–Kier alpha value is -1.19. The first-order valence-electron chi connectivity index (χ1n) is 4.43. The number of aromatic nitrogens is 3. The van der Waals surface area contributed by atoms with Crippen molar-refractivity contribution in [2.24, 2.45) is 0 Å². The van der Waals surface area contributed by atoms with Gasteiger partial charge in [0.05, 0.1) is 11.4 Å². The van der Waals surface area contributed by atoms with Crippen LogP contribution in [0.4, 0.5) is 5.95 Å². The van der Waals surface area contributed by atoms with Crippen molar-refractivity contribution in [2.45, 2.75) is 33.7 Å². The minimum absolute atomic E-state index is 0.393. The highest BCUT2D eigenvalue weighted by atomic mass is 15.3. The number of hydrogen-bond acceptors (Lipinski definition) is 4. The molecule has 0 spiro atoms. The van der Waals surface area contributed by atoms with Crippen LogP contribution in [0.1, 0.15) is 25.2 Å². The van der Waals surface area contributed by atoms with Crippen molar-refractivity contribution in [2.75, 3.05) is 11.9 Å². The Morgan fingerprint density at radius 2 is 1.69 bits per heavy atom. The fraction of sp³-hybridized carbons (Fsp3) is 0.667. The third kappa shape index (κ3) is 2.14. The second-order valence-electron chi connectivity index (χ2n) is 3.49. The van der Waals surface area contributed by atoms with Gasteiger partial charge in [-0.2, -0.15) is 5.10 Å². The molecule has 0 unspecified atom stereocenters. The van der Waals surface area contributed by atoms with E-state index >= 15 is 0 Å². The Kier molecular flexibility index (Phi) is 2.80. The lowest BCUT2D eigenvalue weighted by atomic mass is 10.3. The van der Waals surface area contributed by atoms with Crippen molar-refractivity contribution in [3.8, 4) is 0 Å². The lowest BCUT2D eigenvalue weighted by Gasteiger charge is -2.20. The molecule has 1 aromatic heterocycles. The summed E-state index contributed by atoms with van der Waals surface area (Å²) in [5.41, 5.74) is 1.83. The summed E-state index contributed by atoms with van der Waals surface area (Å²) in [5.74, 6) is 0.693. The second kappa shape index (κ2) is 3.68. The maximum absolute atomic E-state index is 4.35. The molecule has 0 aliphatic rings.